The maximum absolute atomic E-state index is 10.5. The van der Waals surface area contributed by atoms with Crippen molar-refractivity contribution in [2.24, 2.45) is 5.16 Å². The predicted octanol–water partition coefficient (Wildman–Crippen LogP) is -0.287. The van der Waals surface area contributed by atoms with E-state index in [2.05, 4.69) is 10.1 Å². The first-order chi connectivity index (χ1) is 5.65. The minimum absolute atomic E-state index is 0.148. The average Bonchev–Trinajstić information content (AvgIpc) is 2.37. The molecule has 1 aromatic heterocycles. The molecule has 63 valence electrons. The lowest BCUT2D eigenvalue weighted by atomic mass is 10.4. The van der Waals surface area contributed by atoms with Crippen LogP contribution in [0.2, 0.25) is 0 Å². The third-order valence-electron chi connectivity index (χ3n) is 1.04. The Kier molecular flexibility index (Phi) is 2.24. The van der Waals surface area contributed by atoms with Crippen molar-refractivity contribution in [2.45, 2.75) is 0 Å². The van der Waals surface area contributed by atoms with Crippen molar-refractivity contribution in [1.29, 1.82) is 0 Å². The van der Waals surface area contributed by atoms with Crippen LogP contribution in [0.3, 0.4) is 0 Å². The molecule has 0 atom stereocenters. The average molecular weight is 185 g/mol. The molecule has 0 aliphatic rings. The number of hydrogen-bond acceptors (Lipinski definition) is 6. The largest absolute Gasteiger partial charge is 0.410 e. The SMILES string of the molecule is [NH]C(=O)/C(=N\O)c1nc(N)cs1. The zero-order valence-corrected chi connectivity index (χ0v) is 6.63. The Morgan fingerprint density at radius 3 is 2.83 bits per heavy atom. The summed E-state index contributed by atoms with van der Waals surface area (Å²) in [6.45, 7) is 0. The summed E-state index contributed by atoms with van der Waals surface area (Å²) in [6.07, 6.45) is 0. The van der Waals surface area contributed by atoms with Crippen molar-refractivity contribution in [3.63, 3.8) is 0 Å². The van der Waals surface area contributed by atoms with Gasteiger partial charge in [0.15, 0.2) is 5.01 Å². The Bertz CT molecular complexity index is 332. The molecule has 12 heavy (non-hydrogen) atoms. The van der Waals surface area contributed by atoms with Gasteiger partial charge in [-0.1, -0.05) is 5.16 Å². The van der Waals surface area contributed by atoms with Gasteiger partial charge in [-0.3, -0.25) is 10.5 Å². The fourth-order valence-corrected chi connectivity index (χ4v) is 1.27. The molecule has 0 saturated heterocycles. The van der Waals surface area contributed by atoms with Gasteiger partial charge in [-0.25, -0.2) is 4.98 Å². The minimum Gasteiger partial charge on any atom is -0.410 e. The summed E-state index contributed by atoms with van der Waals surface area (Å²) in [6, 6.07) is 0. The highest BCUT2D eigenvalue weighted by molar-refractivity contribution is 7.13. The number of oxime groups is 1. The smallest absolute Gasteiger partial charge is 0.294 e. The molecule has 6 nitrogen and oxygen atoms in total. The van der Waals surface area contributed by atoms with Gasteiger partial charge < -0.3 is 10.9 Å². The molecular formula is C5H5N4O2S. The second-order valence-electron chi connectivity index (χ2n) is 1.86. The lowest BCUT2D eigenvalue weighted by molar-refractivity contribution is -0.112. The molecule has 1 radical (unpaired) electrons. The normalized spacial score (nSPS) is 11.5. The number of anilines is 1. The molecule has 0 fully saturated rings. The van der Waals surface area contributed by atoms with Crippen LogP contribution in [0.25, 0.3) is 0 Å². The quantitative estimate of drug-likeness (QED) is 0.374. The second-order valence-corrected chi connectivity index (χ2v) is 2.71. The van der Waals surface area contributed by atoms with E-state index >= 15 is 0 Å². The van der Waals surface area contributed by atoms with Crippen LogP contribution >= 0.6 is 11.3 Å². The first-order valence-corrected chi connectivity index (χ1v) is 3.72. The standard InChI is InChI=1S/C5H5N4O2S/c6-2-1-12-5(8-2)3(9-11)4(7)10/h1,7,11H,6H2/b9-3+. The van der Waals surface area contributed by atoms with E-state index in [0.29, 0.717) is 0 Å². The number of carbonyl (C=O) groups excluding carboxylic acids is 1. The number of carbonyl (C=O) groups is 1. The van der Waals surface area contributed by atoms with E-state index in [-0.39, 0.29) is 10.8 Å². The van der Waals surface area contributed by atoms with Gasteiger partial charge >= 0.3 is 0 Å². The molecule has 4 N–H and O–H groups in total. The van der Waals surface area contributed by atoms with Crippen LogP contribution in [0, 0.1) is 0 Å². The maximum atomic E-state index is 10.5. The van der Waals surface area contributed by atoms with Crippen LogP contribution in [-0.4, -0.2) is 21.8 Å². The van der Waals surface area contributed by atoms with Crippen LogP contribution in [0.4, 0.5) is 5.82 Å². The monoisotopic (exact) mass is 185 g/mol. The third-order valence-corrected chi connectivity index (χ3v) is 1.91. The van der Waals surface area contributed by atoms with Gasteiger partial charge in [0.1, 0.15) is 5.82 Å². The molecule has 1 heterocycles. The summed E-state index contributed by atoms with van der Waals surface area (Å²) in [7, 11) is 0. The molecule has 0 saturated carbocycles. The van der Waals surface area contributed by atoms with Crippen molar-refractivity contribution < 1.29 is 10.0 Å². The highest BCUT2D eigenvalue weighted by Crippen LogP contribution is 2.11. The Hall–Kier alpha value is -1.63. The van der Waals surface area contributed by atoms with Crippen molar-refractivity contribution in [3.8, 4) is 0 Å². The molecule has 0 aliphatic heterocycles. The van der Waals surface area contributed by atoms with E-state index in [9.17, 15) is 4.79 Å². The molecule has 0 aliphatic carbocycles. The molecule has 1 amide bonds. The van der Waals surface area contributed by atoms with Gasteiger partial charge in [0, 0.05) is 5.38 Å². The molecule has 0 bridgehead atoms. The summed E-state index contributed by atoms with van der Waals surface area (Å²) in [5.74, 6) is -0.857. The highest BCUT2D eigenvalue weighted by Gasteiger charge is 2.15. The van der Waals surface area contributed by atoms with Crippen LogP contribution in [0.15, 0.2) is 10.5 Å². The van der Waals surface area contributed by atoms with Crippen molar-refractivity contribution in [3.05, 3.63) is 10.4 Å². The molecule has 0 unspecified atom stereocenters. The summed E-state index contributed by atoms with van der Waals surface area (Å²) >= 11 is 1.04. The number of thiazole rings is 1. The number of nitrogen functional groups attached to an aromatic ring is 1. The van der Waals surface area contributed by atoms with Gasteiger partial charge in [0.25, 0.3) is 5.91 Å². The van der Waals surface area contributed by atoms with Gasteiger partial charge in [0.05, 0.1) is 0 Å². The number of nitrogens with one attached hydrogen (secondary N) is 1. The summed E-state index contributed by atoms with van der Waals surface area (Å²) in [4.78, 5) is 14.2. The number of amides is 1. The van der Waals surface area contributed by atoms with Crippen molar-refractivity contribution in [1.82, 2.24) is 10.7 Å². The van der Waals surface area contributed by atoms with E-state index in [0.717, 1.165) is 11.3 Å². The fraction of sp³-hybridized carbons (Fsp3) is 0. The Morgan fingerprint density at radius 2 is 2.50 bits per heavy atom. The maximum Gasteiger partial charge on any atom is 0.294 e. The fourth-order valence-electron chi connectivity index (χ4n) is 0.580. The first kappa shape index (κ1) is 8.47. The van der Waals surface area contributed by atoms with Crippen LogP contribution in [-0.2, 0) is 4.79 Å². The van der Waals surface area contributed by atoms with E-state index in [1.807, 2.05) is 0 Å². The Labute approximate surface area is 71.5 Å². The summed E-state index contributed by atoms with van der Waals surface area (Å²) < 4.78 is 0. The molecule has 0 aromatic carbocycles. The number of nitrogens with two attached hydrogens (primary N) is 1. The molecule has 1 rings (SSSR count). The zero-order chi connectivity index (χ0) is 9.14. The molecule has 1 aromatic rings. The number of aromatic nitrogens is 1. The van der Waals surface area contributed by atoms with Gasteiger partial charge in [-0.15, -0.1) is 11.3 Å². The lowest BCUT2D eigenvalue weighted by Crippen LogP contribution is -2.15. The van der Waals surface area contributed by atoms with Crippen LogP contribution < -0.4 is 11.5 Å². The molecule has 0 spiro atoms. The number of nitrogens with zero attached hydrogens (tertiary/aromatic N) is 2. The van der Waals surface area contributed by atoms with Gasteiger partial charge in [-0.2, -0.15) is 0 Å². The molecular weight excluding hydrogens is 180 g/mol. The number of rotatable bonds is 2. The summed E-state index contributed by atoms with van der Waals surface area (Å²) in [5, 5.41) is 12.6. The number of hydrogen-bond donors (Lipinski definition) is 2. The van der Waals surface area contributed by atoms with Crippen molar-refractivity contribution in [2.75, 3.05) is 5.73 Å². The van der Waals surface area contributed by atoms with E-state index in [4.69, 9.17) is 16.7 Å². The second kappa shape index (κ2) is 3.18. The highest BCUT2D eigenvalue weighted by atomic mass is 32.1. The first-order valence-electron chi connectivity index (χ1n) is 2.84. The minimum atomic E-state index is -1.09. The van der Waals surface area contributed by atoms with E-state index < -0.39 is 11.6 Å². The Morgan fingerprint density at radius 1 is 1.83 bits per heavy atom. The third kappa shape index (κ3) is 1.51. The van der Waals surface area contributed by atoms with E-state index in [1.165, 1.54) is 5.38 Å². The van der Waals surface area contributed by atoms with E-state index in [1.54, 1.807) is 0 Å². The van der Waals surface area contributed by atoms with Gasteiger partial charge in [0.2, 0.25) is 5.71 Å². The van der Waals surface area contributed by atoms with Crippen LogP contribution in [0.1, 0.15) is 5.01 Å². The Balaban J connectivity index is 3.04. The van der Waals surface area contributed by atoms with Crippen molar-refractivity contribution >= 4 is 28.8 Å². The zero-order valence-electron chi connectivity index (χ0n) is 5.81. The predicted molar refractivity (Wildman–Crippen MR) is 43.0 cm³/mol. The van der Waals surface area contributed by atoms with Crippen LogP contribution in [0.5, 0.6) is 0 Å². The molecule has 7 heteroatoms. The topological polar surface area (TPSA) is 112 Å². The lowest BCUT2D eigenvalue weighted by Gasteiger charge is -1.90. The summed E-state index contributed by atoms with van der Waals surface area (Å²) in [5.41, 5.74) is 11.5. The van der Waals surface area contributed by atoms with Gasteiger partial charge in [-0.05, 0) is 0 Å².